The Balaban J connectivity index is 1.98. The number of hydrogen-bond donors (Lipinski definition) is 1. The molecular weight excluding hydrogens is 219 g/mol. The fourth-order valence-electron chi connectivity index (χ4n) is 2.09. The first-order valence-corrected chi connectivity index (χ1v) is 5.91. The van der Waals surface area contributed by atoms with E-state index in [0.717, 1.165) is 25.2 Å². The van der Waals surface area contributed by atoms with Gasteiger partial charge in [-0.3, -0.25) is 4.79 Å². The molecule has 1 saturated heterocycles. The summed E-state index contributed by atoms with van der Waals surface area (Å²) < 4.78 is 12.7. The number of rotatable bonds is 2. The van der Waals surface area contributed by atoms with Gasteiger partial charge in [0.2, 0.25) is 5.91 Å². The highest BCUT2D eigenvalue weighted by atomic mass is 19.1. The summed E-state index contributed by atoms with van der Waals surface area (Å²) in [7, 11) is 0. The van der Waals surface area contributed by atoms with Crippen molar-refractivity contribution in [2.24, 2.45) is 0 Å². The number of nitrogens with one attached hydrogen (secondary N) is 1. The van der Waals surface area contributed by atoms with E-state index in [1.165, 1.54) is 12.1 Å². The summed E-state index contributed by atoms with van der Waals surface area (Å²) in [6.07, 6.45) is 0.352. The summed E-state index contributed by atoms with van der Waals surface area (Å²) in [5.74, 6) is -0.151. The van der Waals surface area contributed by atoms with Crippen LogP contribution in [0.15, 0.2) is 24.3 Å². The minimum atomic E-state index is -0.267. The van der Waals surface area contributed by atoms with Crippen molar-refractivity contribution in [3.8, 4) is 0 Å². The van der Waals surface area contributed by atoms with Gasteiger partial charge in [-0.05, 0) is 24.6 Å². The molecule has 3 nitrogen and oxygen atoms in total. The second kappa shape index (κ2) is 5.27. The van der Waals surface area contributed by atoms with Gasteiger partial charge in [-0.1, -0.05) is 12.1 Å². The third-order valence-electron chi connectivity index (χ3n) is 3.09. The molecular formula is C13H17FN2O. The molecule has 1 aliphatic heterocycles. The molecule has 1 heterocycles. The average Bonchev–Trinajstić information content (AvgIpc) is 2.32. The Morgan fingerprint density at radius 1 is 1.47 bits per heavy atom. The first-order valence-electron chi connectivity index (χ1n) is 5.91. The lowest BCUT2D eigenvalue weighted by atomic mass is 10.1. The molecule has 17 heavy (non-hydrogen) atoms. The molecule has 2 rings (SSSR count). The molecule has 1 N–H and O–H groups in total. The molecule has 0 radical (unpaired) electrons. The third-order valence-corrected chi connectivity index (χ3v) is 3.09. The van der Waals surface area contributed by atoms with Crippen molar-refractivity contribution in [3.05, 3.63) is 35.6 Å². The minimum Gasteiger partial charge on any atom is -0.337 e. The normalized spacial score (nSPS) is 20.4. The van der Waals surface area contributed by atoms with Crippen molar-refractivity contribution < 1.29 is 9.18 Å². The van der Waals surface area contributed by atoms with Crippen LogP contribution in [0.5, 0.6) is 0 Å². The highest BCUT2D eigenvalue weighted by Crippen LogP contribution is 2.09. The van der Waals surface area contributed by atoms with E-state index >= 15 is 0 Å². The summed E-state index contributed by atoms with van der Waals surface area (Å²) in [5.41, 5.74) is 0.863. The van der Waals surface area contributed by atoms with Crippen LogP contribution >= 0.6 is 0 Å². The largest absolute Gasteiger partial charge is 0.337 e. The minimum absolute atomic E-state index is 0.116. The second-order valence-electron chi connectivity index (χ2n) is 4.44. The first kappa shape index (κ1) is 12.0. The molecule has 92 valence electrons. The van der Waals surface area contributed by atoms with Crippen LogP contribution in [0.2, 0.25) is 0 Å². The molecule has 1 fully saturated rings. The molecule has 1 aromatic rings. The number of piperazine rings is 1. The van der Waals surface area contributed by atoms with Gasteiger partial charge in [-0.25, -0.2) is 4.39 Å². The maximum absolute atomic E-state index is 12.7. The van der Waals surface area contributed by atoms with Gasteiger partial charge in [0.1, 0.15) is 5.82 Å². The zero-order valence-electron chi connectivity index (χ0n) is 9.95. The standard InChI is InChI=1S/C13H17FN2O/c1-10-9-15-6-7-16(10)13(17)8-11-2-4-12(14)5-3-11/h2-5,10,15H,6-9H2,1H3. The fraction of sp³-hybridized carbons (Fsp3) is 0.462. The average molecular weight is 236 g/mol. The lowest BCUT2D eigenvalue weighted by molar-refractivity contribution is -0.133. The maximum Gasteiger partial charge on any atom is 0.227 e. The Hall–Kier alpha value is -1.42. The predicted octanol–water partition coefficient (Wildman–Crippen LogP) is 1.19. The molecule has 1 unspecified atom stereocenters. The number of carbonyl (C=O) groups is 1. The van der Waals surface area contributed by atoms with E-state index in [9.17, 15) is 9.18 Å². The zero-order valence-corrected chi connectivity index (χ0v) is 9.95. The molecule has 1 aliphatic rings. The Kier molecular flexibility index (Phi) is 3.74. The van der Waals surface area contributed by atoms with Gasteiger partial charge in [0.25, 0.3) is 0 Å². The smallest absolute Gasteiger partial charge is 0.227 e. The zero-order chi connectivity index (χ0) is 12.3. The maximum atomic E-state index is 12.7. The fourth-order valence-corrected chi connectivity index (χ4v) is 2.09. The van der Waals surface area contributed by atoms with Crippen LogP contribution in [0, 0.1) is 5.82 Å². The molecule has 0 aromatic heterocycles. The first-order chi connectivity index (χ1) is 8.16. The number of hydrogen-bond acceptors (Lipinski definition) is 2. The molecule has 0 spiro atoms. The topological polar surface area (TPSA) is 32.3 Å². The quantitative estimate of drug-likeness (QED) is 0.836. The Morgan fingerprint density at radius 3 is 2.82 bits per heavy atom. The number of benzene rings is 1. The van der Waals surface area contributed by atoms with Crippen LogP contribution in [0.1, 0.15) is 12.5 Å². The molecule has 0 saturated carbocycles. The highest BCUT2D eigenvalue weighted by Gasteiger charge is 2.22. The van der Waals surface area contributed by atoms with E-state index < -0.39 is 0 Å². The third kappa shape index (κ3) is 3.03. The van der Waals surface area contributed by atoms with Crippen molar-refractivity contribution in [1.29, 1.82) is 0 Å². The molecule has 0 aliphatic carbocycles. The van der Waals surface area contributed by atoms with Crippen LogP contribution in [0.3, 0.4) is 0 Å². The van der Waals surface area contributed by atoms with Crippen molar-refractivity contribution >= 4 is 5.91 Å². The van der Waals surface area contributed by atoms with E-state index in [1.54, 1.807) is 12.1 Å². The van der Waals surface area contributed by atoms with Crippen LogP contribution in [0.4, 0.5) is 4.39 Å². The molecule has 1 amide bonds. The Morgan fingerprint density at radius 2 is 2.18 bits per heavy atom. The van der Waals surface area contributed by atoms with Crippen molar-refractivity contribution in [2.75, 3.05) is 19.6 Å². The van der Waals surface area contributed by atoms with E-state index in [0.29, 0.717) is 6.42 Å². The van der Waals surface area contributed by atoms with E-state index in [-0.39, 0.29) is 17.8 Å². The highest BCUT2D eigenvalue weighted by molar-refractivity contribution is 5.79. The van der Waals surface area contributed by atoms with E-state index in [1.807, 2.05) is 11.8 Å². The number of amides is 1. The van der Waals surface area contributed by atoms with Crippen LogP contribution in [-0.2, 0) is 11.2 Å². The van der Waals surface area contributed by atoms with E-state index in [4.69, 9.17) is 0 Å². The van der Waals surface area contributed by atoms with Crippen molar-refractivity contribution in [2.45, 2.75) is 19.4 Å². The Bertz CT molecular complexity index is 391. The molecule has 4 heteroatoms. The summed E-state index contributed by atoms with van der Waals surface area (Å²) in [5, 5.41) is 3.25. The predicted molar refractivity (Wildman–Crippen MR) is 64.1 cm³/mol. The van der Waals surface area contributed by atoms with Gasteiger partial charge >= 0.3 is 0 Å². The van der Waals surface area contributed by atoms with E-state index in [2.05, 4.69) is 5.32 Å². The van der Waals surface area contributed by atoms with Crippen molar-refractivity contribution in [3.63, 3.8) is 0 Å². The SMILES string of the molecule is CC1CNCCN1C(=O)Cc1ccc(F)cc1. The molecule has 1 atom stereocenters. The van der Waals surface area contributed by atoms with Crippen LogP contribution in [0.25, 0.3) is 0 Å². The number of carbonyl (C=O) groups excluding carboxylic acids is 1. The molecule has 0 bridgehead atoms. The van der Waals surface area contributed by atoms with Gasteiger partial charge < -0.3 is 10.2 Å². The summed E-state index contributed by atoms with van der Waals surface area (Å²) in [6.45, 7) is 4.48. The summed E-state index contributed by atoms with van der Waals surface area (Å²) in [4.78, 5) is 14.0. The summed E-state index contributed by atoms with van der Waals surface area (Å²) in [6, 6.07) is 6.35. The number of nitrogens with zero attached hydrogens (tertiary/aromatic N) is 1. The second-order valence-corrected chi connectivity index (χ2v) is 4.44. The number of halogens is 1. The van der Waals surface area contributed by atoms with Gasteiger partial charge in [-0.2, -0.15) is 0 Å². The lowest BCUT2D eigenvalue weighted by Crippen LogP contribution is -2.52. The van der Waals surface area contributed by atoms with Gasteiger partial charge in [-0.15, -0.1) is 0 Å². The van der Waals surface area contributed by atoms with Crippen LogP contribution in [-0.4, -0.2) is 36.5 Å². The van der Waals surface area contributed by atoms with Gasteiger partial charge in [0.15, 0.2) is 0 Å². The molecule has 1 aromatic carbocycles. The monoisotopic (exact) mass is 236 g/mol. The van der Waals surface area contributed by atoms with Gasteiger partial charge in [0, 0.05) is 25.7 Å². The summed E-state index contributed by atoms with van der Waals surface area (Å²) >= 11 is 0. The van der Waals surface area contributed by atoms with Crippen LogP contribution < -0.4 is 5.32 Å². The van der Waals surface area contributed by atoms with Gasteiger partial charge in [0.05, 0.1) is 6.42 Å². The Labute approximate surface area is 101 Å². The van der Waals surface area contributed by atoms with Crippen molar-refractivity contribution in [1.82, 2.24) is 10.2 Å². The lowest BCUT2D eigenvalue weighted by Gasteiger charge is -2.34.